The number of hydrogen-bond donors (Lipinski definition) is 1. The summed E-state index contributed by atoms with van der Waals surface area (Å²) in [5, 5.41) is 4.06. The molecule has 0 aliphatic carbocycles. The fourth-order valence-corrected chi connectivity index (χ4v) is 5.50. The van der Waals surface area contributed by atoms with Crippen molar-refractivity contribution in [3.05, 3.63) is 119 Å². The number of nitrogens with zero attached hydrogens (tertiary/aromatic N) is 2. The van der Waals surface area contributed by atoms with Crippen molar-refractivity contribution < 1.29 is 13.2 Å². The molecular weight excluding hydrogens is 589 g/mol. The van der Waals surface area contributed by atoms with E-state index in [1.807, 2.05) is 66.7 Å². The van der Waals surface area contributed by atoms with Gasteiger partial charge in [0, 0.05) is 41.9 Å². The van der Waals surface area contributed by atoms with Gasteiger partial charge < -0.3 is 5.32 Å². The van der Waals surface area contributed by atoms with E-state index in [1.54, 1.807) is 26.1 Å². The number of anilines is 1. The molecule has 3 aromatic carbocycles. The molecule has 212 valence electrons. The molecule has 6 nitrogen and oxygen atoms in total. The number of sulfone groups is 1. The second-order valence-electron chi connectivity index (χ2n) is 10.4. The molecule has 0 saturated heterocycles. The third-order valence-electron chi connectivity index (χ3n) is 7.27. The minimum absolute atomic E-state index is 0.255. The second-order valence-corrected chi connectivity index (χ2v) is 13.8. The fourth-order valence-electron chi connectivity index (χ4n) is 4.49. The number of nitrogens with one attached hydrogen (secondary N) is 1. The topological polar surface area (TPSA) is 89.0 Å². The van der Waals surface area contributed by atoms with Crippen molar-refractivity contribution in [2.24, 2.45) is 0 Å². The summed E-state index contributed by atoms with van der Waals surface area (Å²) < 4.78 is 24.2. The molecule has 1 N–H and O–H groups in total. The maximum atomic E-state index is 12.6. The van der Waals surface area contributed by atoms with Crippen LogP contribution in [0.5, 0.6) is 0 Å². The molecule has 0 aliphatic heterocycles. The Balaban J connectivity index is 1.43. The number of rotatable bonds is 7. The van der Waals surface area contributed by atoms with Gasteiger partial charge in [-0.15, -0.1) is 0 Å². The third-order valence-corrected chi connectivity index (χ3v) is 9.94. The van der Waals surface area contributed by atoms with Crippen LogP contribution in [0.4, 0.5) is 5.69 Å². The molecule has 5 rings (SSSR count). The average molecular weight is 617 g/mol. The zero-order valence-electron chi connectivity index (χ0n) is 23.1. The van der Waals surface area contributed by atoms with Crippen molar-refractivity contribution in [1.82, 2.24) is 9.97 Å². The maximum Gasteiger partial charge on any atom is 0.248 e. The molecule has 2 heterocycles. The molecule has 42 heavy (non-hydrogen) atoms. The summed E-state index contributed by atoms with van der Waals surface area (Å²) in [6, 6.07) is 23.5. The lowest BCUT2D eigenvalue weighted by Gasteiger charge is -2.24. The van der Waals surface area contributed by atoms with E-state index >= 15 is 0 Å². The Labute approximate surface area is 255 Å². The van der Waals surface area contributed by atoms with Crippen molar-refractivity contribution in [3.63, 3.8) is 0 Å². The van der Waals surface area contributed by atoms with E-state index in [0.29, 0.717) is 11.3 Å². The van der Waals surface area contributed by atoms with Crippen molar-refractivity contribution in [3.8, 4) is 22.3 Å². The van der Waals surface area contributed by atoms with Gasteiger partial charge in [-0.2, -0.15) is 0 Å². The lowest BCUT2D eigenvalue weighted by atomic mass is 9.92. The summed E-state index contributed by atoms with van der Waals surface area (Å²) in [7, 11) is -3.37. The first-order chi connectivity index (χ1) is 19.9. The van der Waals surface area contributed by atoms with Gasteiger partial charge in [0.15, 0.2) is 9.84 Å². The molecular formula is C33H27Cl2N3O3S. The standard InChI is InChI=1S/C33H27Cl2N3O3S/c1-33(2,42(3,40)41)26-17-25-8-5-15-37-31(25)27(18-26)24-7-4-6-23(16-24)22-12-9-21(10-13-22)11-14-30(39)38-32-28(34)19-36-20-29(32)35/h4-20H,1-3H3,(H,36,38,39)/b14-11+. The minimum Gasteiger partial charge on any atom is -0.320 e. The highest BCUT2D eigenvalue weighted by molar-refractivity contribution is 7.91. The van der Waals surface area contributed by atoms with Gasteiger partial charge in [-0.05, 0) is 72.0 Å². The first-order valence-corrected chi connectivity index (χ1v) is 15.7. The van der Waals surface area contributed by atoms with Crippen LogP contribution in [-0.2, 0) is 19.4 Å². The number of carbonyl (C=O) groups excluding carboxylic acids is 1. The molecule has 5 aromatic rings. The monoisotopic (exact) mass is 615 g/mol. The molecule has 0 atom stereocenters. The van der Waals surface area contributed by atoms with Crippen LogP contribution in [0.25, 0.3) is 39.2 Å². The number of fused-ring (bicyclic) bond motifs is 1. The molecule has 0 radical (unpaired) electrons. The minimum atomic E-state index is -3.37. The van der Waals surface area contributed by atoms with Gasteiger partial charge in [-0.3, -0.25) is 14.8 Å². The predicted octanol–water partition coefficient (Wildman–Crippen LogP) is 8.20. The highest BCUT2D eigenvalue weighted by atomic mass is 35.5. The first kappa shape index (κ1) is 29.5. The lowest BCUT2D eigenvalue weighted by Crippen LogP contribution is -2.28. The van der Waals surface area contributed by atoms with Gasteiger partial charge in [-0.25, -0.2) is 8.42 Å². The van der Waals surface area contributed by atoms with Gasteiger partial charge >= 0.3 is 0 Å². The van der Waals surface area contributed by atoms with Crippen molar-refractivity contribution in [2.45, 2.75) is 18.6 Å². The maximum absolute atomic E-state index is 12.6. The first-order valence-electron chi connectivity index (χ1n) is 13.0. The number of amides is 1. The van der Waals surface area contributed by atoms with Crippen LogP contribution >= 0.6 is 23.2 Å². The summed E-state index contributed by atoms with van der Waals surface area (Å²) in [6.45, 7) is 3.45. The number of carbonyl (C=O) groups is 1. The molecule has 9 heteroatoms. The van der Waals surface area contributed by atoms with Crippen LogP contribution in [-0.4, -0.2) is 30.5 Å². The van der Waals surface area contributed by atoms with Crippen LogP contribution < -0.4 is 5.32 Å². The zero-order chi connectivity index (χ0) is 30.1. The molecule has 2 aromatic heterocycles. The number of aromatic nitrogens is 2. The Bertz CT molecular complexity index is 1930. The van der Waals surface area contributed by atoms with Crippen LogP contribution in [0, 0.1) is 0 Å². The highest BCUT2D eigenvalue weighted by Crippen LogP contribution is 2.37. The van der Waals surface area contributed by atoms with E-state index in [9.17, 15) is 13.2 Å². The molecule has 0 aliphatic rings. The zero-order valence-corrected chi connectivity index (χ0v) is 25.4. The molecule has 0 spiro atoms. The van der Waals surface area contributed by atoms with E-state index in [0.717, 1.165) is 38.7 Å². The Kier molecular flexibility index (Phi) is 8.19. The SMILES string of the molecule is CC(C)(c1cc(-c2cccc(-c3ccc(/C=C/C(=O)Nc4c(Cl)cncc4Cl)cc3)c2)c2ncccc2c1)S(C)(=O)=O. The molecule has 0 bridgehead atoms. The van der Waals surface area contributed by atoms with Gasteiger partial charge in [0.1, 0.15) is 0 Å². The van der Waals surface area contributed by atoms with Gasteiger partial charge in [0.25, 0.3) is 0 Å². The second kappa shape index (κ2) is 11.7. The van der Waals surface area contributed by atoms with Crippen molar-refractivity contribution >= 4 is 61.6 Å². The molecule has 0 saturated carbocycles. The fraction of sp³-hybridized carbons (Fsp3) is 0.121. The summed E-state index contributed by atoms with van der Waals surface area (Å²) >= 11 is 12.2. The predicted molar refractivity (Wildman–Crippen MR) is 172 cm³/mol. The number of benzene rings is 3. The van der Waals surface area contributed by atoms with E-state index in [4.69, 9.17) is 23.2 Å². The van der Waals surface area contributed by atoms with Gasteiger partial charge in [0.2, 0.25) is 5.91 Å². The van der Waals surface area contributed by atoms with Crippen LogP contribution in [0.1, 0.15) is 25.0 Å². The third kappa shape index (κ3) is 6.09. The Morgan fingerprint density at radius 1 is 0.881 bits per heavy atom. The van der Waals surface area contributed by atoms with E-state index in [1.165, 1.54) is 24.7 Å². The molecule has 0 fully saturated rings. The summed E-state index contributed by atoms with van der Waals surface area (Å²) in [6.07, 6.45) is 8.93. The average Bonchev–Trinajstić information content (AvgIpc) is 2.97. The molecule has 0 unspecified atom stereocenters. The quantitative estimate of drug-likeness (QED) is 0.186. The summed E-state index contributed by atoms with van der Waals surface area (Å²) in [5.41, 5.74) is 6.42. The smallest absolute Gasteiger partial charge is 0.248 e. The largest absolute Gasteiger partial charge is 0.320 e. The summed E-state index contributed by atoms with van der Waals surface area (Å²) in [4.78, 5) is 20.9. The van der Waals surface area contributed by atoms with E-state index in [-0.39, 0.29) is 16.0 Å². The number of hydrogen-bond acceptors (Lipinski definition) is 5. The van der Waals surface area contributed by atoms with E-state index in [2.05, 4.69) is 21.4 Å². The normalized spacial score (nSPS) is 12.1. The van der Waals surface area contributed by atoms with E-state index < -0.39 is 14.6 Å². The number of pyridine rings is 2. The van der Waals surface area contributed by atoms with Crippen molar-refractivity contribution in [1.29, 1.82) is 0 Å². The summed E-state index contributed by atoms with van der Waals surface area (Å²) in [5.74, 6) is -0.371. The molecule has 1 amide bonds. The van der Waals surface area contributed by atoms with Gasteiger partial charge in [0.05, 0.1) is 26.0 Å². The lowest BCUT2D eigenvalue weighted by molar-refractivity contribution is -0.111. The van der Waals surface area contributed by atoms with Crippen LogP contribution in [0.15, 0.2) is 97.5 Å². The van der Waals surface area contributed by atoms with Crippen molar-refractivity contribution in [2.75, 3.05) is 11.6 Å². The number of halogens is 2. The Morgan fingerprint density at radius 3 is 2.26 bits per heavy atom. The van der Waals surface area contributed by atoms with Gasteiger partial charge in [-0.1, -0.05) is 71.7 Å². The highest BCUT2D eigenvalue weighted by Gasteiger charge is 2.33. The Hall–Kier alpha value is -4.04. The van der Waals surface area contributed by atoms with Crippen LogP contribution in [0.3, 0.4) is 0 Å². The van der Waals surface area contributed by atoms with Crippen LogP contribution in [0.2, 0.25) is 10.0 Å². The Morgan fingerprint density at radius 2 is 1.57 bits per heavy atom.